The third kappa shape index (κ3) is 4.89. The first-order chi connectivity index (χ1) is 10.0. The van der Waals surface area contributed by atoms with Crippen LogP contribution in [0.15, 0.2) is 18.2 Å². The molecule has 1 aromatic carbocycles. The van der Waals surface area contributed by atoms with Crippen LogP contribution < -0.4 is 10.2 Å². The molecule has 2 rings (SSSR count). The molecule has 1 aliphatic rings. The number of halogens is 1. The summed E-state index contributed by atoms with van der Waals surface area (Å²) in [7, 11) is 0. The summed E-state index contributed by atoms with van der Waals surface area (Å²) in [5.41, 5.74) is 1.78. The van der Waals surface area contributed by atoms with Gasteiger partial charge in [0.2, 0.25) is 0 Å². The van der Waals surface area contributed by atoms with Crippen molar-refractivity contribution in [2.75, 3.05) is 30.3 Å². The minimum atomic E-state index is -0.0875. The van der Waals surface area contributed by atoms with Crippen molar-refractivity contribution in [3.05, 3.63) is 29.6 Å². The smallest absolute Gasteiger partial charge is 0.146 e. The maximum absolute atomic E-state index is 14.4. The van der Waals surface area contributed by atoms with Gasteiger partial charge in [0, 0.05) is 30.1 Å². The van der Waals surface area contributed by atoms with E-state index in [0.29, 0.717) is 4.75 Å². The lowest BCUT2D eigenvalue weighted by Gasteiger charge is -2.25. The van der Waals surface area contributed by atoms with Gasteiger partial charge in [-0.1, -0.05) is 26.8 Å². The van der Waals surface area contributed by atoms with E-state index in [4.69, 9.17) is 0 Å². The normalized spacial score (nSPS) is 18.6. The quantitative estimate of drug-likeness (QED) is 0.826. The van der Waals surface area contributed by atoms with E-state index in [1.54, 1.807) is 6.07 Å². The van der Waals surface area contributed by atoms with E-state index < -0.39 is 0 Å². The molecule has 118 valence electrons. The third-order valence-corrected chi connectivity index (χ3v) is 5.32. The van der Waals surface area contributed by atoms with Crippen molar-refractivity contribution < 1.29 is 4.39 Å². The van der Waals surface area contributed by atoms with Gasteiger partial charge in [-0.15, -0.1) is 0 Å². The standard InChI is InChI=1S/C17H27FN2S/c1-4-8-19-13-14-5-6-16(15(18)12-14)20-9-7-17(2,3)21-11-10-20/h5-6,12,19H,4,7-11,13H2,1-3H3. The molecule has 0 unspecified atom stereocenters. The van der Waals surface area contributed by atoms with Gasteiger partial charge in [0.1, 0.15) is 5.82 Å². The van der Waals surface area contributed by atoms with Crippen molar-refractivity contribution in [3.63, 3.8) is 0 Å². The van der Waals surface area contributed by atoms with Gasteiger partial charge < -0.3 is 10.2 Å². The Labute approximate surface area is 132 Å². The Hall–Kier alpha value is -0.740. The molecule has 1 saturated heterocycles. The average molecular weight is 310 g/mol. The van der Waals surface area contributed by atoms with E-state index in [2.05, 4.69) is 31.0 Å². The zero-order valence-electron chi connectivity index (χ0n) is 13.4. The van der Waals surface area contributed by atoms with Crippen molar-refractivity contribution in [2.24, 2.45) is 0 Å². The molecular formula is C17H27FN2S. The fourth-order valence-electron chi connectivity index (χ4n) is 2.59. The second kappa shape index (κ2) is 7.50. The first-order valence-corrected chi connectivity index (χ1v) is 8.88. The minimum Gasteiger partial charge on any atom is -0.368 e. The molecule has 1 N–H and O–H groups in total. The largest absolute Gasteiger partial charge is 0.368 e. The molecule has 0 bridgehead atoms. The van der Waals surface area contributed by atoms with E-state index in [1.807, 2.05) is 23.9 Å². The van der Waals surface area contributed by atoms with Crippen molar-refractivity contribution in [1.82, 2.24) is 5.32 Å². The fraction of sp³-hybridized carbons (Fsp3) is 0.647. The number of nitrogens with one attached hydrogen (secondary N) is 1. The Morgan fingerprint density at radius 2 is 2.14 bits per heavy atom. The highest BCUT2D eigenvalue weighted by atomic mass is 32.2. The Balaban J connectivity index is 2.03. The van der Waals surface area contributed by atoms with E-state index in [1.165, 1.54) is 0 Å². The summed E-state index contributed by atoms with van der Waals surface area (Å²) >= 11 is 1.99. The monoisotopic (exact) mass is 310 g/mol. The molecule has 21 heavy (non-hydrogen) atoms. The molecule has 0 saturated carbocycles. The van der Waals surface area contributed by atoms with Gasteiger partial charge in [0.25, 0.3) is 0 Å². The van der Waals surface area contributed by atoms with Gasteiger partial charge in [0.05, 0.1) is 5.69 Å². The van der Waals surface area contributed by atoms with Crippen LogP contribution in [0.1, 0.15) is 39.2 Å². The number of anilines is 1. The summed E-state index contributed by atoms with van der Waals surface area (Å²) < 4.78 is 14.7. The molecule has 0 amide bonds. The van der Waals surface area contributed by atoms with Gasteiger partial charge in [-0.25, -0.2) is 4.39 Å². The van der Waals surface area contributed by atoms with Crippen LogP contribution in [0.2, 0.25) is 0 Å². The molecule has 0 aliphatic carbocycles. The van der Waals surface area contributed by atoms with Gasteiger partial charge in [-0.2, -0.15) is 11.8 Å². The third-order valence-electron chi connectivity index (χ3n) is 3.95. The lowest BCUT2D eigenvalue weighted by Crippen LogP contribution is -2.27. The SMILES string of the molecule is CCCNCc1ccc(N2CCSC(C)(C)CC2)c(F)c1. The summed E-state index contributed by atoms with van der Waals surface area (Å²) in [5, 5.41) is 3.31. The molecule has 4 heteroatoms. The van der Waals surface area contributed by atoms with Gasteiger partial charge >= 0.3 is 0 Å². The second-order valence-electron chi connectivity index (χ2n) is 6.31. The fourth-order valence-corrected chi connectivity index (χ4v) is 3.69. The molecule has 0 atom stereocenters. The van der Waals surface area contributed by atoms with E-state index >= 15 is 0 Å². The molecule has 0 radical (unpaired) electrons. The highest BCUT2D eigenvalue weighted by molar-refractivity contribution is 8.00. The predicted octanol–water partition coefficient (Wildman–Crippen LogP) is 4.05. The van der Waals surface area contributed by atoms with Crippen LogP contribution in [0.25, 0.3) is 0 Å². The number of hydrogen-bond donors (Lipinski definition) is 1. The zero-order valence-corrected chi connectivity index (χ0v) is 14.2. The minimum absolute atomic E-state index is 0.0875. The summed E-state index contributed by atoms with van der Waals surface area (Å²) in [6.45, 7) is 10.3. The lowest BCUT2D eigenvalue weighted by molar-refractivity contribution is 0.598. The molecule has 2 nitrogen and oxygen atoms in total. The van der Waals surface area contributed by atoms with Crippen molar-refractivity contribution in [2.45, 2.75) is 44.9 Å². The Kier molecular flexibility index (Phi) is 5.94. The van der Waals surface area contributed by atoms with Gasteiger partial charge in [-0.3, -0.25) is 0 Å². The van der Waals surface area contributed by atoms with Crippen LogP contribution >= 0.6 is 11.8 Å². The summed E-state index contributed by atoms with van der Waals surface area (Å²) in [4.78, 5) is 2.19. The van der Waals surface area contributed by atoms with Crippen LogP contribution in [0, 0.1) is 5.82 Å². The van der Waals surface area contributed by atoms with E-state index in [9.17, 15) is 4.39 Å². The number of nitrogens with zero attached hydrogens (tertiary/aromatic N) is 1. The summed E-state index contributed by atoms with van der Waals surface area (Å²) in [5.74, 6) is 0.974. The summed E-state index contributed by atoms with van der Waals surface area (Å²) in [6, 6.07) is 5.67. The van der Waals surface area contributed by atoms with E-state index in [0.717, 1.165) is 56.0 Å². The maximum atomic E-state index is 14.4. The Bertz CT molecular complexity index is 462. The number of rotatable bonds is 5. The number of benzene rings is 1. The van der Waals surface area contributed by atoms with Crippen LogP contribution in [0.4, 0.5) is 10.1 Å². The van der Waals surface area contributed by atoms with Crippen molar-refractivity contribution in [3.8, 4) is 0 Å². The maximum Gasteiger partial charge on any atom is 0.146 e. The van der Waals surface area contributed by atoms with E-state index in [-0.39, 0.29) is 5.82 Å². The molecule has 1 aromatic rings. The molecule has 0 spiro atoms. The Morgan fingerprint density at radius 1 is 1.33 bits per heavy atom. The molecular weight excluding hydrogens is 283 g/mol. The number of hydrogen-bond acceptors (Lipinski definition) is 3. The Morgan fingerprint density at radius 3 is 2.86 bits per heavy atom. The number of thioether (sulfide) groups is 1. The first kappa shape index (κ1) is 16.6. The van der Waals surface area contributed by atoms with Crippen LogP contribution in [-0.2, 0) is 6.54 Å². The van der Waals surface area contributed by atoms with Crippen molar-refractivity contribution in [1.29, 1.82) is 0 Å². The zero-order chi connectivity index (χ0) is 15.3. The van der Waals surface area contributed by atoms with Crippen LogP contribution in [0.3, 0.4) is 0 Å². The topological polar surface area (TPSA) is 15.3 Å². The average Bonchev–Trinajstić information content (AvgIpc) is 2.60. The molecule has 1 fully saturated rings. The summed E-state index contributed by atoms with van der Waals surface area (Å²) in [6.07, 6.45) is 2.19. The second-order valence-corrected chi connectivity index (χ2v) is 8.11. The van der Waals surface area contributed by atoms with Crippen molar-refractivity contribution >= 4 is 17.4 Å². The molecule has 0 aromatic heterocycles. The highest BCUT2D eigenvalue weighted by Gasteiger charge is 2.24. The highest BCUT2D eigenvalue weighted by Crippen LogP contribution is 2.33. The van der Waals surface area contributed by atoms with Gasteiger partial charge in [-0.05, 0) is 37.1 Å². The predicted molar refractivity (Wildman–Crippen MR) is 91.8 cm³/mol. The lowest BCUT2D eigenvalue weighted by atomic mass is 10.1. The van der Waals surface area contributed by atoms with Crippen LogP contribution in [0.5, 0.6) is 0 Å². The van der Waals surface area contributed by atoms with Gasteiger partial charge in [0.15, 0.2) is 0 Å². The first-order valence-electron chi connectivity index (χ1n) is 7.90. The molecule has 1 heterocycles. The molecule has 1 aliphatic heterocycles. The van der Waals surface area contributed by atoms with Crippen LogP contribution in [-0.4, -0.2) is 30.1 Å².